The summed E-state index contributed by atoms with van der Waals surface area (Å²) in [5.41, 5.74) is 0.884. The maximum atomic E-state index is 11.7. The second-order valence-corrected chi connectivity index (χ2v) is 5.93. The molecule has 0 unspecified atom stereocenters. The molecule has 0 atom stereocenters. The van der Waals surface area contributed by atoms with E-state index >= 15 is 0 Å². The van der Waals surface area contributed by atoms with Crippen molar-refractivity contribution in [3.05, 3.63) is 35.1 Å². The molecule has 0 saturated carbocycles. The van der Waals surface area contributed by atoms with Crippen LogP contribution >= 0.6 is 11.6 Å². The molecule has 122 valence electrons. The summed E-state index contributed by atoms with van der Waals surface area (Å²) in [5, 5.41) is 12.6. The Morgan fingerprint density at radius 2 is 1.87 bits per heavy atom. The molecule has 1 fully saturated rings. The minimum absolute atomic E-state index is 0.218. The van der Waals surface area contributed by atoms with Crippen LogP contribution < -0.4 is 0 Å². The number of rotatable bonds is 4. The Morgan fingerprint density at radius 3 is 2.52 bits per heavy atom. The lowest BCUT2D eigenvalue weighted by Gasteiger charge is -2.34. The zero-order chi connectivity index (χ0) is 16.2. The van der Waals surface area contributed by atoms with Gasteiger partial charge in [-0.2, -0.15) is 4.68 Å². The lowest BCUT2D eigenvalue weighted by molar-refractivity contribution is -0.132. The third-order valence-corrected chi connectivity index (χ3v) is 4.25. The van der Waals surface area contributed by atoms with E-state index in [2.05, 4.69) is 20.4 Å². The molecule has 2 aromatic rings. The van der Waals surface area contributed by atoms with Crippen LogP contribution in [0.3, 0.4) is 0 Å². The van der Waals surface area contributed by atoms with Gasteiger partial charge in [-0.15, -0.1) is 5.10 Å². The molecule has 3 rings (SSSR count). The molecule has 0 spiro atoms. The number of carbonyl (C=O) groups is 1. The largest absolute Gasteiger partial charge is 0.340 e. The Balaban J connectivity index is 1.65. The van der Waals surface area contributed by atoms with E-state index in [1.165, 1.54) is 0 Å². The predicted octanol–water partition coefficient (Wildman–Crippen LogP) is 1.37. The number of aromatic nitrogens is 4. The van der Waals surface area contributed by atoms with Crippen LogP contribution in [0.4, 0.5) is 0 Å². The number of amides is 1. The first-order valence-corrected chi connectivity index (χ1v) is 8.08. The first-order valence-electron chi connectivity index (χ1n) is 7.70. The zero-order valence-corrected chi connectivity index (χ0v) is 13.8. The molecule has 0 bridgehead atoms. The van der Waals surface area contributed by atoms with E-state index in [1.54, 1.807) is 4.68 Å². The highest BCUT2D eigenvalue weighted by Gasteiger charge is 2.21. The highest BCUT2D eigenvalue weighted by Crippen LogP contribution is 2.15. The number of hydrogen-bond donors (Lipinski definition) is 0. The summed E-state index contributed by atoms with van der Waals surface area (Å²) in [7, 11) is 0. The lowest BCUT2D eigenvalue weighted by atomic mass is 10.2. The maximum Gasteiger partial charge on any atom is 0.222 e. The van der Waals surface area contributed by atoms with Gasteiger partial charge < -0.3 is 4.90 Å². The average molecular weight is 335 g/mol. The van der Waals surface area contributed by atoms with Crippen LogP contribution in [0.25, 0.3) is 5.69 Å². The number of hydrogen-bond acceptors (Lipinski definition) is 5. The predicted molar refractivity (Wildman–Crippen MR) is 86.3 cm³/mol. The molecule has 0 radical (unpaired) electrons. The maximum absolute atomic E-state index is 11.7. The van der Waals surface area contributed by atoms with Crippen molar-refractivity contribution in [3.63, 3.8) is 0 Å². The van der Waals surface area contributed by atoms with Gasteiger partial charge in [0.1, 0.15) is 0 Å². The molecule has 1 aromatic heterocycles. The Kier molecular flexibility index (Phi) is 4.88. The quantitative estimate of drug-likeness (QED) is 0.844. The normalized spacial score (nSPS) is 15.8. The summed E-state index contributed by atoms with van der Waals surface area (Å²) < 4.78 is 1.72. The van der Waals surface area contributed by atoms with Gasteiger partial charge in [0.05, 0.1) is 12.2 Å². The average Bonchev–Trinajstić information content (AvgIpc) is 3.03. The number of halogens is 1. The molecule has 1 amide bonds. The third-order valence-electron chi connectivity index (χ3n) is 4.00. The van der Waals surface area contributed by atoms with Crippen LogP contribution in [0.15, 0.2) is 24.3 Å². The van der Waals surface area contributed by atoms with Crippen LogP contribution in [0, 0.1) is 0 Å². The molecule has 1 aliphatic rings. The van der Waals surface area contributed by atoms with Crippen molar-refractivity contribution in [1.29, 1.82) is 0 Å². The second-order valence-electron chi connectivity index (χ2n) is 5.49. The minimum Gasteiger partial charge on any atom is -0.340 e. The molecule has 8 heteroatoms. The number of benzene rings is 1. The SMILES string of the molecule is CCC(=O)N1CCN(Cc2nnnn2-c2ccc(Cl)cc2)CC1. The van der Waals surface area contributed by atoms with Crippen molar-refractivity contribution in [2.24, 2.45) is 0 Å². The summed E-state index contributed by atoms with van der Waals surface area (Å²) in [6.07, 6.45) is 0.564. The van der Waals surface area contributed by atoms with E-state index in [-0.39, 0.29) is 5.91 Å². The molecule has 2 heterocycles. The van der Waals surface area contributed by atoms with Crippen molar-refractivity contribution >= 4 is 17.5 Å². The smallest absolute Gasteiger partial charge is 0.222 e. The standard InChI is InChI=1S/C15H19ClN6O/c1-2-15(23)21-9-7-20(8-10-21)11-14-17-18-19-22(14)13-5-3-12(16)4-6-13/h3-6H,2,7-11H2,1H3. The van der Waals surface area contributed by atoms with Gasteiger partial charge in [-0.05, 0) is 34.7 Å². The Labute approximate surface area is 139 Å². The van der Waals surface area contributed by atoms with Gasteiger partial charge in [0.2, 0.25) is 5.91 Å². The van der Waals surface area contributed by atoms with Crippen molar-refractivity contribution < 1.29 is 4.79 Å². The molecular weight excluding hydrogens is 316 g/mol. The van der Waals surface area contributed by atoms with Gasteiger partial charge in [-0.1, -0.05) is 18.5 Å². The number of tetrazole rings is 1. The Hall–Kier alpha value is -1.99. The number of nitrogens with zero attached hydrogens (tertiary/aromatic N) is 6. The molecule has 1 aliphatic heterocycles. The fourth-order valence-electron chi connectivity index (χ4n) is 2.67. The van der Waals surface area contributed by atoms with Crippen LogP contribution in [-0.2, 0) is 11.3 Å². The summed E-state index contributed by atoms with van der Waals surface area (Å²) in [6.45, 7) is 5.74. The van der Waals surface area contributed by atoms with E-state index < -0.39 is 0 Å². The van der Waals surface area contributed by atoms with Gasteiger partial charge in [-0.25, -0.2) is 0 Å². The number of carbonyl (C=O) groups excluding carboxylic acids is 1. The van der Waals surface area contributed by atoms with Crippen LogP contribution in [0.2, 0.25) is 5.02 Å². The van der Waals surface area contributed by atoms with Crippen LogP contribution in [-0.4, -0.2) is 62.1 Å². The van der Waals surface area contributed by atoms with E-state index in [9.17, 15) is 4.79 Å². The van der Waals surface area contributed by atoms with Gasteiger partial charge in [0.25, 0.3) is 0 Å². The van der Waals surface area contributed by atoms with E-state index in [0.717, 1.165) is 37.7 Å². The third kappa shape index (κ3) is 3.68. The summed E-state index contributed by atoms with van der Waals surface area (Å²) in [6, 6.07) is 7.41. The fourth-order valence-corrected chi connectivity index (χ4v) is 2.79. The first-order chi connectivity index (χ1) is 11.2. The van der Waals surface area contributed by atoms with Gasteiger partial charge in [0, 0.05) is 37.6 Å². The van der Waals surface area contributed by atoms with Crippen LogP contribution in [0.1, 0.15) is 19.2 Å². The molecule has 7 nitrogen and oxygen atoms in total. The van der Waals surface area contributed by atoms with Crippen molar-refractivity contribution in [2.45, 2.75) is 19.9 Å². The summed E-state index contributed by atoms with van der Waals surface area (Å²) in [4.78, 5) is 15.9. The van der Waals surface area contributed by atoms with Crippen molar-refractivity contribution in [2.75, 3.05) is 26.2 Å². The molecule has 1 saturated heterocycles. The highest BCUT2D eigenvalue weighted by atomic mass is 35.5. The molecule has 23 heavy (non-hydrogen) atoms. The van der Waals surface area contributed by atoms with Crippen LogP contribution in [0.5, 0.6) is 0 Å². The molecule has 1 aromatic carbocycles. The molecule has 0 N–H and O–H groups in total. The Morgan fingerprint density at radius 1 is 1.17 bits per heavy atom. The topological polar surface area (TPSA) is 67.2 Å². The lowest BCUT2D eigenvalue weighted by Crippen LogP contribution is -2.48. The van der Waals surface area contributed by atoms with Gasteiger partial charge >= 0.3 is 0 Å². The van der Waals surface area contributed by atoms with Crippen molar-refractivity contribution in [1.82, 2.24) is 30.0 Å². The van der Waals surface area contributed by atoms with Gasteiger partial charge in [0.15, 0.2) is 5.82 Å². The second kappa shape index (κ2) is 7.06. The van der Waals surface area contributed by atoms with E-state index in [4.69, 9.17) is 11.6 Å². The summed E-state index contributed by atoms with van der Waals surface area (Å²) in [5.74, 6) is 0.998. The Bertz CT molecular complexity index is 663. The zero-order valence-electron chi connectivity index (χ0n) is 13.0. The highest BCUT2D eigenvalue weighted by molar-refractivity contribution is 6.30. The van der Waals surface area contributed by atoms with Gasteiger partial charge in [-0.3, -0.25) is 9.69 Å². The summed E-state index contributed by atoms with van der Waals surface area (Å²) >= 11 is 5.92. The monoisotopic (exact) mass is 334 g/mol. The van der Waals surface area contributed by atoms with E-state index in [0.29, 0.717) is 18.0 Å². The minimum atomic E-state index is 0.218. The molecule has 0 aliphatic carbocycles. The molecular formula is C15H19ClN6O. The first kappa shape index (κ1) is 15.9. The van der Waals surface area contributed by atoms with E-state index in [1.807, 2.05) is 36.1 Å². The number of piperazine rings is 1. The van der Waals surface area contributed by atoms with Crippen molar-refractivity contribution in [3.8, 4) is 5.69 Å². The fraction of sp³-hybridized carbons (Fsp3) is 0.467.